The summed E-state index contributed by atoms with van der Waals surface area (Å²) in [5.74, 6) is -0.0166. The van der Waals surface area contributed by atoms with Crippen molar-refractivity contribution in [2.45, 2.75) is 32.4 Å². The molecular formula is C19H20Cl2N2O. The number of carbonyl (C=O) groups excluding carboxylic acids is 1. The quantitative estimate of drug-likeness (QED) is 0.860. The summed E-state index contributed by atoms with van der Waals surface area (Å²) in [5.41, 5.74) is 3.31. The largest absolute Gasteiger partial charge is 0.359 e. The first kappa shape index (κ1) is 17.1. The van der Waals surface area contributed by atoms with Gasteiger partial charge in [-0.1, -0.05) is 47.5 Å². The van der Waals surface area contributed by atoms with Gasteiger partial charge >= 0.3 is 0 Å². The first-order chi connectivity index (χ1) is 11.5. The molecule has 0 radical (unpaired) electrons. The van der Waals surface area contributed by atoms with Crippen LogP contribution in [0, 0.1) is 0 Å². The van der Waals surface area contributed by atoms with Crippen molar-refractivity contribution in [3.8, 4) is 0 Å². The molecular weight excluding hydrogens is 343 g/mol. The lowest BCUT2D eigenvalue weighted by Gasteiger charge is -2.25. The molecule has 0 saturated heterocycles. The minimum Gasteiger partial charge on any atom is -0.359 e. The monoisotopic (exact) mass is 362 g/mol. The number of anilines is 1. The van der Waals surface area contributed by atoms with Gasteiger partial charge in [0.05, 0.1) is 12.6 Å². The topological polar surface area (TPSA) is 32.3 Å². The Hall–Kier alpha value is -1.71. The van der Waals surface area contributed by atoms with E-state index in [0.717, 1.165) is 17.7 Å². The molecule has 1 amide bonds. The Labute approximate surface area is 152 Å². The molecule has 2 atom stereocenters. The van der Waals surface area contributed by atoms with Crippen LogP contribution in [0.25, 0.3) is 0 Å². The molecule has 0 spiro atoms. The summed E-state index contributed by atoms with van der Waals surface area (Å²) in [6.07, 6.45) is 0.974. The third-order valence-electron chi connectivity index (χ3n) is 4.47. The Balaban J connectivity index is 1.67. The van der Waals surface area contributed by atoms with Crippen molar-refractivity contribution in [3.05, 3.63) is 63.6 Å². The molecule has 24 heavy (non-hydrogen) atoms. The summed E-state index contributed by atoms with van der Waals surface area (Å²) in [6, 6.07) is 13.7. The maximum atomic E-state index is 12.5. The van der Waals surface area contributed by atoms with Crippen LogP contribution in [0.3, 0.4) is 0 Å². The highest BCUT2D eigenvalue weighted by atomic mass is 35.5. The van der Waals surface area contributed by atoms with E-state index in [0.29, 0.717) is 22.6 Å². The smallest absolute Gasteiger partial charge is 0.240 e. The predicted molar refractivity (Wildman–Crippen MR) is 100.0 cm³/mol. The molecule has 0 bridgehead atoms. The van der Waals surface area contributed by atoms with Gasteiger partial charge in [-0.15, -0.1) is 0 Å². The third kappa shape index (κ3) is 3.52. The number of halogens is 2. The fourth-order valence-corrected chi connectivity index (χ4v) is 3.81. The summed E-state index contributed by atoms with van der Waals surface area (Å²) in [6.45, 7) is 4.41. The van der Waals surface area contributed by atoms with Crippen molar-refractivity contribution in [2.24, 2.45) is 0 Å². The SMILES string of the molecule is C[C@@H]1Cc2ccccc2N1CC(=O)N[C@H](C)c1ccc(Cl)cc1Cl. The van der Waals surface area contributed by atoms with Crippen LogP contribution in [-0.4, -0.2) is 18.5 Å². The fraction of sp³-hybridized carbons (Fsp3) is 0.316. The molecule has 3 nitrogen and oxygen atoms in total. The zero-order valence-electron chi connectivity index (χ0n) is 13.7. The second-order valence-electron chi connectivity index (χ2n) is 6.26. The molecule has 2 aromatic carbocycles. The Morgan fingerprint density at radius 1 is 1.29 bits per heavy atom. The van der Waals surface area contributed by atoms with E-state index >= 15 is 0 Å². The maximum absolute atomic E-state index is 12.5. The molecule has 0 saturated carbocycles. The molecule has 0 unspecified atom stereocenters. The summed E-state index contributed by atoms with van der Waals surface area (Å²) in [4.78, 5) is 14.6. The number of nitrogens with one attached hydrogen (secondary N) is 1. The van der Waals surface area contributed by atoms with Gasteiger partial charge in [0.1, 0.15) is 0 Å². The van der Waals surface area contributed by atoms with Gasteiger partial charge in [-0.05, 0) is 49.6 Å². The van der Waals surface area contributed by atoms with Crippen molar-refractivity contribution in [1.29, 1.82) is 0 Å². The van der Waals surface area contributed by atoms with Crippen LogP contribution in [-0.2, 0) is 11.2 Å². The molecule has 1 aliphatic rings. The first-order valence-electron chi connectivity index (χ1n) is 8.04. The molecule has 3 rings (SSSR count). The number of hydrogen-bond donors (Lipinski definition) is 1. The highest BCUT2D eigenvalue weighted by molar-refractivity contribution is 6.35. The molecule has 0 aromatic heterocycles. The zero-order chi connectivity index (χ0) is 17.3. The van der Waals surface area contributed by atoms with Crippen molar-refractivity contribution in [2.75, 3.05) is 11.4 Å². The average molecular weight is 363 g/mol. The second-order valence-corrected chi connectivity index (χ2v) is 7.11. The van der Waals surface area contributed by atoms with Gasteiger partial charge in [-0.3, -0.25) is 4.79 Å². The summed E-state index contributed by atoms with van der Waals surface area (Å²) in [5, 5.41) is 4.18. The highest BCUT2D eigenvalue weighted by Crippen LogP contribution is 2.31. The van der Waals surface area contributed by atoms with E-state index in [1.54, 1.807) is 12.1 Å². The van der Waals surface area contributed by atoms with E-state index in [-0.39, 0.29) is 11.9 Å². The summed E-state index contributed by atoms with van der Waals surface area (Å²) in [7, 11) is 0. The van der Waals surface area contributed by atoms with Crippen molar-refractivity contribution < 1.29 is 4.79 Å². The van der Waals surface area contributed by atoms with Crippen LogP contribution in [0.5, 0.6) is 0 Å². The lowest BCUT2D eigenvalue weighted by atomic mass is 10.1. The molecule has 2 aromatic rings. The standard InChI is InChI=1S/C19H20Cl2N2O/c1-12-9-14-5-3-4-6-18(14)23(12)11-19(24)22-13(2)16-8-7-15(20)10-17(16)21/h3-8,10,12-13H,9,11H2,1-2H3,(H,22,24)/t12-,13-/m1/s1. The Morgan fingerprint density at radius 2 is 2.04 bits per heavy atom. The van der Waals surface area contributed by atoms with Crippen molar-refractivity contribution in [3.63, 3.8) is 0 Å². The Kier molecular flexibility index (Phi) is 5.02. The van der Waals surface area contributed by atoms with Gasteiger partial charge < -0.3 is 10.2 Å². The van der Waals surface area contributed by atoms with E-state index in [2.05, 4.69) is 29.3 Å². The van der Waals surface area contributed by atoms with Gasteiger partial charge in [-0.25, -0.2) is 0 Å². The van der Waals surface area contributed by atoms with E-state index in [1.807, 2.05) is 25.1 Å². The van der Waals surface area contributed by atoms with Crippen LogP contribution < -0.4 is 10.2 Å². The van der Waals surface area contributed by atoms with E-state index in [4.69, 9.17) is 23.2 Å². The number of carbonyl (C=O) groups is 1. The van der Waals surface area contributed by atoms with Crippen molar-refractivity contribution in [1.82, 2.24) is 5.32 Å². The Morgan fingerprint density at radius 3 is 2.79 bits per heavy atom. The van der Waals surface area contributed by atoms with Gasteiger partial charge in [0.15, 0.2) is 0 Å². The number of fused-ring (bicyclic) bond motifs is 1. The normalized spacial score (nSPS) is 17.5. The van der Waals surface area contributed by atoms with Gasteiger partial charge in [0.25, 0.3) is 0 Å². The number of nitrogens with zero attached hydrogens (tertiary/aromatic N) is 1. The lowest BCUT2D eigenvalue weighted by molar-refractivity contribution is -0.120. The molecule has 1 heterocycles. The second kappa shape index (κ2) is 7.04. The van der Waals surface area contributed by atoms with E-state index in [9.17, 15) is 4.79 Å². The number of hydrogen-bond acceptors (Lipinski definition) is 2. The molecule has 5 heteroatoms. The van der Waals surface area contributed by atoms with Crippen LogP contribution in [0.15, 0.2) is 42.5 Å². The number of amides is 1. The summed E-state index contributed by atoms with van der Waals surface area (Å²) < 4.78 is 0. The van der Waals surface area contributed by atoms with Crippen LogP contribution in [0.2, 0.25) is 10.0 Å². The van der Waals surface area contributed by atoms with Crippen molar-refractivity contribution >= 4 is 34.8 Å². The average Bonchev–Trinajstić information content (AvgIpc) is 2.83. The van der Waals surface area contributed by atoms with Gasteiger partial charge in [0.2, 0.25) is 5.91 Å². The molecule has 126 valence electrons. The number of benzene rings is 2. The molecule has 0 aliphatic carbocycles. The Bertz CT molecular complexity index is 763. The first-order valence-corrected chi connectivity index (χ1v) is 8.80. The summed E-state index contributed by atoms with van der Waals surface area (Å²) >= 11 is 12.1. The van der Waals surface area contributed by atoms with Crippen LogP contribution in [0.4, 0.5) is 5.69 Å². The molecule has 1 N–H and O–H groups in total. The third-order valence-corrected chi connectivity index (χ3v) is 5.03. The van der Waals surface area contributed by atoms with Gasteiger partial charge in [-0.2, -0.15) is 0 Å². The predicted octanol–water partition coefficient (Wildman–Crippen LogP) is 4.62. The molecule has 0 fully saturated rings. The van der Waals surface area contributed by atoms with E-state index in [1.165, 1.54) is 5.56 Å². The van der Waals surface area contributed by atoms with E-state index < -0.39 is 0 Å². The van der Waals surface area contributed by atoms with Crippen LogP contribution >= 0.6 is 23.2 Å². The van der Waals surface area contributed by atoms with Gasteiger partial charge in [0, 0.05) is 21.8 Å². The molecule has 1 aliphatic heterocycles. The maximum Gasteiger partial charge on any atom is 0.240 e. The highest BCUT2D eigenvalue weighted by Gasteiger charge is 2.27. The number of para-hydroxylation sites is 1. The zero-order valence-corrected chi connectivity index (χ0v) is 15.2. The fourth-order valence-electron chi connectivity index (χ4n) is 3.24. The minimum absolute atomic E-state index is 0.0166. The number of rotatable bonds is 4. The lowest BCUT2D eigenvalue weighted by Crippen LogP contribution is -2.40. The minimum atomic E-state index is -0.171. The van der Waals surface area contributed by atoms with Crippen LogP contribution in [0.1, 0.15) is 31.0 Å².